The fourth-order valence-corrected chi connectivity index (χ4v) is 5.26. The second kappa shape index (κ2) is 6.12. The average molecular weight is 342 g/mol. The molecule has 2 fully saturated rings. The van der Waals surface area contributed by atoms with Gasteiger partial charge in [0.05, 0.1) is 18.1 Å². The Morgan fingerprint density at radius 2 is 2.13 bits per heavy atom. The molecule has 0 radical (unpaired) electrons. The van der Waals surface area contributed by atoms with Crippen molar-refractivity contribution >= 4 is 10.0 Å². The van der Waals surface area contributed by atoms with Crippen LogP contribution in [-0.4, -0.2) is 64.1 Å². The van der Waals surface area contributed by atoms with Gasteiger partial charge in [0, 0.05) is 31.6 Å². The van der Waals surface area contributed by atoms with Crippen LogP contribution >= 0.6 is 0 Å². The molecule has 0 aromatic heterocycles. The predicted molar refractivity (Wildman–Crippen MR) is 85.1 cm³/mol. The van der Waals surface area contributed by atoms with Crippen molar-refractivity contribution in [2.24, 2.45) is 11.3 Å². The first-order valence-corrected chi connectivity index (χ1v) is 9.29. The van der Waals surface area contributed by atoms with Gasteiger partial charge in [0.25, 0.3) is 0 Å². The van der Waals surface area contributed by atoms with Crippen LogP contribution in [-0.2, 0) is 14.8 Å². The molecule has 5 nitrogen and oxygen atoms in total. The Hall–Kier alpha value is -1.02. The smallest absolute Gasteiger partial charge is 0.243 e. The third-order valence-corrected chi connectivity index (χ3v) is 6.86. The number of halogens is 1. The van der Waals surface area contributed by atoms with Crippen LogP contribution in [0.5, 0.6) is 0 Å². The molecule has 0 N–H and O–H groups in total. The number of benzene rings is 1. The van der Waals surface area contributed by atoms with Gasteiger partial charge in [-0.05, 0) is 31.2 Å². The summed E-state index contributed by atoms with van der Waals surface area (Å²) in [7, 11) is -1.67. The monoisotopic (exact) mass is 342 g/mol. The SMILES string of the molecule is C[C@@H]1CN(C)C[C@]12COCCN(S(=O)(=O)c1cccc(F)c1)C2. The minimum atomic E-state index is -3.72. The van der Waals surface area contributed by atoms with Crippen LogP contribution < -0.4 is 0 Å². The zero-order valence-electron chi connectivity index (χ0n) is 13.5. The van der Waals surface area contributed by atoms with Gasteiger partial charge in [0.15, 0.2) is 0 Å². The van der Waals surface area contributed by atoms with E-state index < -0.39 is 15.8 Å². The first-order chi connectivity index (χ1) is 10.8. The fraction of sp³-hybridized carbons (Fsp3) is 0.625. The number of sulfonamides is 1. The van der Waals surface area contributed by atoms with Crippen LogP contribution in [0.25, 0.3) is 0 Å². The molecule has 2 atom stereocenters. The Balaban J connectivity index is 1.92. The van der Waals surface area contributed by atoms with Crippen molar-refractivity contribution in [2.75, 3.05) is 46.4 Å². The van der Waals surface area contributed by atoms with Crippen LogP contribution in [0.1, 0.15) is 6.92 Å². The van der Waals surface area contributed by atoms with Crippen LogP contribution in [0.15, 0.2) is 29.2 Å². The maximum atomic E-state index is 13.4. The quantitative estimate of drug-likeness (QED) is 0.816. The minimum absolute atomic E-state index is 0.00792. The standard InChI is InChI=1S/C16H23FN2O3S/c1-13-9-18(2)10-16(13)11-19(6-7-22-12-16)23(20,21)15-5-3-4-14(17)8-15/h3-5,8,13H,6-7,9-12H2,1-2H3/t13-,16+/m1/s1. The first kappa shape index (κ1) is 16.8. The van der Waals surface area contributed by atoms with Crippen molar-refractivity contribution in [2.45, 2.75) is 11.8 Å². The van der Waals surface area contributed by atoms with Gasteiger partial charge in [-0.3, -0.25) is 0 Å². The molecule has 1 aromatic carbocycles. The summed E-state index contributed by atoms with van der Waals surface area (Å²) in [6.07, 6.45) is 0. The summed E-state index contributed by atoms with van der Waals surface area (Å²) >= 11 is 0. The van der Waals surface area contributed by atoms with Gasteiger partial charge in [-0.25, -0.2) is 12.8 Å². The Kier molecular flexibility index (Phi) is 4.48. The normalized spacial score (nSPS) is 30.7. The summed E-state index contributed by atoms with van der Waals surface area (Å²) in [4.78, 5) is 2.22. The lowest BCUT2D eigenvalue weighted by molar-refractivity contribution is 0.0542. The molecule has 128 valence electrons. The largest absolute Gasteiger partial charge is 0.379 e. The third kappa shape index (κ3) is 3.15. The molecular weight excluding hydrogens is 319 g/mol. The molecule has 0 aliphatic carbocycles. The van der Waals surface area contributed by atoms with Gasteiger partial charge in [0.1, 0.15) is 5.82 Å². The molecule has 0 saturated carbocycles. The molecule has 0 amide bonds. The number of hydrogen-bond donors (Lipinski definition) is 0. The minimum Gasteiger partial charge on any atom is -0.379 e. The Morgan fingerprint density at radius 3 is 2.78 bits per heavy atom. The van der Waals surface area contributed by atoms with E-state index >= 15 is 0 Å². The Bertz CT molecular complexity index is 682. The number of nitrogens with zero attached hydrogens (tertiary/aromatic N) is 2. The van der Waals surface area contributed by atoms with Gasteiger partial charge in [-0.15, -0.1) is 0 Å². The summed E-state index contributed by atoms with van der Waals surface area (Å²) in [5.41, 5.74) is -0.203. The van der Waals surface area contributed by atoms with Gasteiger partial charge < -0.3 is 9.64 Å². The van der Waals surface area contributed by atoms with E-state index in [1.165, 1.54) is 22.5 Å². The Labute approximate surface area is 137 Å². The molecule has 3 rings (SSSR count). The van der Waals surface area contributed by atoms with E-state index in [2.05, 4.69) is 11.8 Å². The van der Waals surface area contributed by atoms with E-state index in [9.17, 15) is 12.8 Å². The van der Waals surface area contributed by atoms with Gasteiger partial charge in [0.2, 0.25) is 10.0 Å². The molecule has 0 unspecified atom stereocenters. The molecular formula is C16H23FN2O3S. The number of rotatable bonds is 2. The van der Waals surface area contributed by atoms with E-state index in [-0.39, 0.29) is 10.3 Å². The molecule has 1 spiro atoms. The van der Waals surface area contributed by atoms with Crippen molar-refractivity contribution in [3.63, 3.8) is 0 Å². The van der Waals surface area contributed by atoms with Crippen molar-refractivity contribution in [1.29, 1.82) is 0 Å². The summed E-state index contributed by atoms with van der Waals surface area (Å²) < 4.78 is 46.5. The van der Waals surface area contributed by atoms with Gasteiger partial charge in [-0.1, -0.05) is 13.0 Å². The summed E-state index contributed by atoms with van der Waals surface area (Å²) in [5, 5.41) is 0. The summed E-state index contributed by atoms with van der Waals surface area (Å²) in [6.45, 7) is 5.53. The highest BCUT2D eigenvalue weighted by Crippen LogP contribution is 2.38. The van der Waals surface area contributed by atoms with E-state index in [1.807, 2.05) is 7.05 Å². The third-order valence-electron chi connectivity index (χ3n) is 5.02. The maximum absolute atomic E-state index is 13.4. The first-order valence-electron chi connectivity index (χ1n) is 7.85. The molecule has 2 aliphatic rings. The highest BCUT2D eigenvalue weighted by atomic mass is 32.2. The van der Waals surface area contributed by atoms with Crippen molar-refractivity contribution in [3.05, 3.63) is 30.1 Å². The van der Waals surface area contributed by atoms with E-state index in [0.717, 1.165) is 19.2 Å². The zero-order chi connectivity index (χ0) is 16.7. The van der Waals surface area contributed by atoms with E-state index in [4.69, 9.17) is 4.74 Å². The molecule has 2 saturated heterocycles. The summed E-state index contributed by atoms with van der Waals surface area (Å²) in [5.74, 6) is -0.198. The zero-order valence-corrected chi connectivity index (χ0v) is 14.4. The molecule has 1 aromatic rings. The molecule has 23 heavy (non-hydrogen) atoms. The molecule has 2 aliphatic heterocycles. The number of hydrogen-bond acceptors (Lipinski definition) is 4. The Morgan fingerprint density at radius 1 is 1.35 bits per heavy atom. The molecule has 0 bridgehead atoms. The summed E-state index contributed by atoms with van der Waals surface area (Å²) in [6, 6.07) is 5.21. The lowest BCUT2D eigenvalue weighted by atomic mass is 9.80. The van der Waals surface area contributed by atoms with Gasteiger partial charge in [-0.2, -0.15) is 4.31 Å². The fourth-order valence-electron chi connectivity index (χ4n) is 3.71. The topological polar surface area (TPSA) is 49.9 Å². The lowest BCUT2D eigenvalue weighted by Crippen LogP contribution is -2.45. The van der Waals surface area contributed by atoms with Gasteiger partial charge >= 0.3 is 0 Å². The molecule has 2 heterocycles. The second-order valence-corrected chi connectivity index (χ2v) is 8.75. The average Bonchev–Trinajstić information content (AvgIpc) is 2.65. The maximum Gasteiger partial charge on any atom is 0.243 e. The van der Waals surface area contributed by atoms with Crippen molar-refractivity contribution in [1.82, 2.24) is 9.21 Å². The lowest BCUT2D eigenvalue weighted by Gasteiger charge is -2.34. The van der Waals surface area contributed by atoms with E-state index in [1.54, 1.807) is 0 Å². The van der Waals surface area contributed by atoms with Crippen LogP contribution in [0.3, 0.4) is 0 Å². The van der Waals surface area contributed by atoms with Crippen LogP contribution in [0.4, 0.5) is 4.39 Å². The van der Waals surface area contributed by atoms with Crippen LogP contribution in [0.2, 0.25) is 0 Å². The van der Waals surface area contributed by atoms with Crippen LogP contribution in [0, 0.1) is 17.2 Å². The molecule has 7 heteroatoms. The number of likely N-dealkylation sites (tertiary alicyclic amines) is 1. The highest BCUT2D eigenvalue weighted by Gasteiger charge is 2.47. The van der Waals surface area contributed by atoms with Crippen molar-refractivity contribution < 1.29 is 17.5 Å². The van der Waals surface area contributed by atoms with Crippen molar-refractivity contribution in [3.8, 4) is 0 Å². The van der Waals surface area contributed by atoms with E-state index in [0.29, 0.717) is 32.2 Å². The predicted octanol–water partition coefficient (Wildman–Crippen LogP) is 1.41. The number of ether oxygens (including phenoxy) is 1. The second-order valence-electron chi connectivity index (χ2n) is 6.81. The highest BCUT2D eigenvalue weighted by molar-refractivity contribution is 7.89.